The van der Waals surface area contributed by atoms with Crippen molar-refractivity contribution in [2.75, 3.05) is 18.4 Å². The van der Waals surface area contributed by atoms with Gasteiger partial charge in [-0.25, -0.2) is 0 Å². The topological polar surface area (TPSA) is 60.0 Å². The number of nitrogens with two attached hydrogens (primary N) is 1. The van der Waals surface area contributed by atoms with Gasteiger partial charge in [0.2, 0.25) is 0 Å². The molecule has 4 heteroatoms. The molecular weight excluding hydrogens is 202 g/mol. The monoisotopic (exact) mass is 221 g/mol. The first-order valence-electron chi connectivity index (χ1n) is 5.91. The largest absolute Gasteiger partial charge is 0.371 e. The first-order valence-corrected chi connectivity index (χ1v) is 5.91. The molecule has 0 bridgehead atoms. The highest BCUT2D eigenvalue weighted by atomic mass is 16.1. The second-order valence-electron chi connectivity index (χ2n) is 4.32. The van der Waals surface area contributed by atoms with Gasteiger partial charge < -0.3 is 11.1 Å². The molecule has 0 radical (unpaired) electrons. The number of anilines is 1. The zero-order valence-electron chi connectivity index (χ0n) is 9.75. The van der Waals surface area contributed by atoms with Gasteiger partial charge in [0.05, 0.1) is 0 Å². The average Bonchev–Trinajstić information content (AvgIpc) is 2.49. The van der Waals surface area contributed by atoms with E-state index in [1.54, 1.807) is 6.07 Å². The number of aromatic nitrogens is 1. The maximum absolute atomic E-state index is 11.9. The zero-order valence-corrected chi connectivity index (χ0v) is 9.75. The van der Waals surface area contributed by atoms with Crippen molar-refractivity contribution in [3.63, 3.8) is 0 Å². The molecule has 16 heavy (non-hydrogen) atoms. The summed E-state index contributed by atoms with van der Waals surface area (Å²) in [5.41, 5.74) is 7.97. The van der Waals surface area contributed by atoms with Crippen LogP contribution in [0.2, 0.25) is 0 Å². The fraction of sp³-hybridized carbons (Fsp3) is 0.583. The molecule has 0 aliphatic carbocycles. The predicted molar refractivity (Wildman–Crippen MR) is 65.9 cm³/mol. The molecule has 1 aromatic rings. The molecule has 0 atom stereocenters. The van der Waals surface area contributed by atoms with E-state index in [0.717, 1.165) is 43.7 Å². The maximum atomic E-state index is 11.9. The summed E-state index contributed by atoms with van der Waals surface area (Å²) in [4.78, 5) is 11.9. The standard InChI is InChI=1S/C12H19N3O/c1-9-8-11(16)15-7-3-2-6-14-12(15)10(9)4-5-13/h8,14H,2-7,13H2,1H3. The lowest BCUT2D eigenvalue weighted by Gasteiger charge is -2.17. The molecule has 0 amide bonds. The highest BCUT2D eigenvalue weighted by molar-refractivity contribution is 5.50. The SMILES string of the molecule is Cc1cc(=O)n2c(c1CCN)NCCCC2. The summed E-state index contributed by atoms with van der Waals surface area (Å²) in [7, 11) is 0. The summed E-state index contributed by atoms with van der Waals surface area (Å²) in [6.07, 6.45) is 3.00. The van der Waals surface area contributed by atoms with Gasteiger partial charge in [0, 0.05) is 19.2 Å². The van der Waals surface area contributed by atoms with Gasteiger partial charge in [0.25, 0.3) is 5.56 Å². The van der Waals surface area contributed by atoms with Gasteiger partial charge in [-0.15, -0.1) is 0 Å². The molecule has 2 heterocycles. The van der Waals surface area contributed by atoms with E-state index in [0.29, 0.717) is 6.54 Å². The third-order valence-electron chi connectivity index (χ3n) is 3.13. The number of rotatable bonds is 2. The zero-order chi connectivity index (χ0) is 11.5. The van der Waals surface area contributed by atoms with Gasteiger partial charge in [-0.1, -0.05) is 0 Å². The Labute approximate surface area is 95.5 Å². The van der Waals surface area contributed by atoms with Crippen molar-refractivity contribution < 1.29 is 0 Å². The molecule has 0 fully saturated rings. The molecule has 2 rings (SSSR count). The quantitative estimate of drug-likeness (QED) is 0.779. The van der Waals surface area contributed by atoms with Crippen molar-refractivity contribution in [2.45, 2.75) is 32.7 Å². The first kappa shape index (κ1) is 11.2. The van der Waals surface area contributed by atoms with Crippen LogP contribution in [0, 0.1) is 6.92 Å². The molecule has 0 spiro atoms. The van der Waals surface area contributed by atoms with Crippen LogP contribution in [0.1, 0.15) is 24.0 Å². The molecule has 0 saturated heterocycles. The van der Waals surface area contributed by atoms with Crippen LogP contribution in [0.15, 0.2) is 10.9 Å². The van der Waals surface area contributed by atoms with E-state index in [2.05, 4.69) is 5.32 Å². The lowest BCUT2D eigenvalue weighted by molar-refractivity contribution is 0.634. The van der Waals surface area contributed by atoms with Crippen LogP contribution in [0.3, 0.4) is 0 Å². The Kier molecular flexibility index (Phi) is 3.29. The van der Waals surface area contributed by atoms with E-state index >= 15 is 0 Å². The number of hydrogen-bond donors (Lipinski definition) is 2. The summed E-state index contributed by atoms with van der Waals surface area (Å²) < 4.78 is 1.85. The minimum absolute atomic E-state index is 0.0997. The molecule has 1 aliphatic heterocycles. The summed E-state index contributed by atoms with van der Waals surface area (Å²) in [6.45, 7) is 4.37. The van der Waals surface area contributed by atoms with E-state index in [4.69, 9.17) is 5.73 Å². The van der Waals surface area contributed by atoms with E-state index in [-0.39, 0.29) is 5.56 Å². The Hall–Kier alpha value is -1.29. The molecule has 0 unspecified atom stereocenters. The summed E-state index contributed by atoms with van der Waals surface area (Å²) in [6, 6.07) is 1.72. The fourth-order valence-electron chi connectivity index (χ4n) is 2.30. The maximum Gasteiger partial charge on any atom is 0.252 e. The lowest BCUT2D eigenvalue weighted by atomic mass is 10.1. The van der Waals surface area contributed by atoms with Gasteiger partial charge in [0.15, 0.2) is 0 Å². The van der Waals surface area contributed by atoms with Gasteiger partial charge in [-0.2, -0.15) is 0 Å². The minimum Gasteiger partial charge on any atom is -0.371 e. The van der Waals surface area contributed by atoms with Crippen LogP contribution in [0.4, 0.5) is 5.82 Å². The third kappa shape index (κ3) is 1.97. The van der Waals surface area contributed by atoms with E-state index < -0.39 is 0 Å². The minimum atomic E-state index is 0.0997. The molecular formula is C12H19N3O. The number of aryl methyl sites for hydroxylation is 1. The van der Waals surface area contributed by atoms with E-state index in [1.165, 1.54) is 5.56 Å². The van der Waals surface area contributed by atoms with E-state index in [9.17, 15) is 4.79 Å². The van der Waals surface area contributed by atoms with Crippen molar-refractivity contribution >= 4 is 5.82 Å². The van der Waals surface area contributed by atoms with E-state index in [1.807, 2.05) is 11.5 Å². The second kappa shape index (κ2) is 4.70. The number of fused-ring (bicyclic) bond motifs is 1. The van der Waals surface area contributed by atoms with Gasteiger partial charge in [-0.3, -0.25) is 9.36 Å². The van der Waals surface area contributed by atoms with Crippen molar-refractivity contribution in [1.29, 1.82) is 0 Å². The molecule has 3 N–H and O–H groups in total. The highest BCUT2D eigenvalue weighted by Gasteiger charge is 2.14. The van der Waals surface area contributed by atoms with Crippen LogP contribution in [0.5, 0.6) is 0 Å². The molecule has 1 aliphatic rings. The van der Waals surface area contributed by atoms with Crippen LogP contribution in [-0.4, -0.2) is 17.7 Å². The van der Waals surface area contributed by atoms with Gasteiger partial charge in [-0.05, 0) is 43.9 Å². The smallest absolute Gasteiger partial charge is 0.252 e. The van der Waals surface area contributed by atoms with Gasteiger partial charge in [0.1, 0.15) is 5.82 Å². The summed E-state index contributed by atoms with van der Waals surface area (Å²) in [5, 5.41) is 3.37. The third-order valence-corrected chi connectivity index (χ3v) is 3.13. The molecule has 4 nitrogen and oxygen atoms in total. The number of pyridine rings is 1. The van der Waals surface area contributed by atoms with Crippen LogP contribution < -0.4 is 16.6 Å². The Bertz CT molecular complexity index is 437. The number of hydrogen-bond acceptors (Lipinski definition) is 3. The molecule has 0 saturated carbocycles. The Morgan fingerprint density at radius 2 is 2.31 bits per heavy atom. The molecule has 88 valence electrons. The van der Waals surface area contributed by atoms with Crippen molar-refractivity contribution in [2.24, 2.45) is 5.73 Å². The second-order valence-corrected chi connectivity index (χ2v) is 4.32. The number of nitrogens with one attached hydrogen (secondary N) is 1. The Balaban J connectivity index is 2.56. The number of nitrogens with zero attached hydrogens (tertiary/aromatic N) is 1. The lowest BCUT2D eigenvalue weighted by Crippen LogP contribution is -2.24. The van der Waals surface area contributed by atoms with Crippen molar-refractivity contribution in [1.82, 2.24) is 4.57 Å². The normalized spacial score (nSPS) is 15.1. The predicted octanol–water partition coefficient (Wildman–Crippen LogP) is 0.864. The van der Waals surface area contributed by atoms with Gasteiger partial charge >= 0.3 is 0 Å². The molecule has 0 aromatic carbocycles. The molecule has 1 aromatic heterocycles. The summed E-state index contributed by atoms with van der Waals surface area (Å²) >= 11 is 0. The van der Waals surface area contributed by atoms with Crippen molar-refractivity contribution in [3.05, 3.63) is 27.5 Å². The summed E-state index contributed by atoms with van der Waals surface area (Å²) in [5.74, 6) is 0.993. The average molecular weight is 221 g/mol. The first-order chi connectivity index (χ1) is 7.74. The highest BCUT2D eigenvalue weighted by Crippen LogP contribution is 2.20. The van der Waals surface area contributed by atoms with Crippen LogP contribution in [0.25, 0.3) is 0 Å². The van der Waals surface area contributed by atoms with Crippen LogP contribution >= 0.6 is 0 Å². The van der Waals surface area contributed by atoms with Crippen LogP contribution in [-0.2, 0) is 13.0 Å². The Morgan fingerprint density at radius 1 is 1.50 bits per heavy atom. The fourth-order valence-corrected chi connectivity index (χ4v) is 2.30. The Morgan fingerprint density at radius 3 is 3.06 bits per heavy atom. The van der Waals surface area contributed by atoms with Crippen molar-refractivity contribution in [3.8, 4) is 0 Å².